The molecule has 5 rings (SSSR count). The molecule has 3 amide bonds. The Morgan fingerprint density at radius 1 is 1.11 bits per heavy atom. The SMILES string of the molecule is CN1C(=O)c2cc(C(=O)NCc3ccc4c(c3)OCO4)nn2C[C@@]1(C)C(=O)NC1CCCCCC1. The highest BCUT2D eigenvalue weighted by atomic mass is 16.7. The maximum Gasteiger partial charge on any atom is 0.272 e. The third-order valence-electron chi connectivity index (χ3n) is 7.30. The highest BCUT2D eigenvalue weighted by Crippen LogP contribution is 2.32. The summed E-state index contributed by atoms with van der Waals surface area (Å²) in [4.78, 5) is 40.7. The lowest BCUT2D eigenvalue weighted by Crippen LogP contribution is -2.63. The minimum atomic E-state index is -1.09. The summed E-state index contributed by atoms with van der Waals surface area (Å²) in [5.41, 5.74) is 0.185. The fourth-order valence-corrected chi connectivity index (χ4v) is 4.93. The molecule has 0 spiro atoms. The van der Waals surface area contributed by atoms with Gasteiger partial charge in [-0.1, -0.05) is 31.7 Å². The first kappa shape index (κ1) is 23.2. The van der Waals surface area contributed by atoms with Crippen molar-refractivity contribution in [3.8, 4) is 11.5 Å². The Labute approximate surface area is 203 Å². The molecule has 1 saturated carbocycles. The average Bonchev–Trinajstić information content (AvgIpc) is 3.41. The van der Waals surface area contributed by atoms with Gasteiger partial charge in [-0.05, 0) is 37.5 Å². The van der Waals surface area contributed by atoms with E-state index in [1.807, 2.05) is 12.1 Å². The zero-order valence-electron chi connectivity index (χ0n) is 20.1. The number of fused-ring (bicyclic) bond motifs is 2. The Kier molecular flexibility index (Phi) is 6.12. The quantitative estimate of drug-likeness (QED) is 0.633. The highest BCUT2D eigenvalue weighted by Gasteiger charge is 2.46. The molecule has 186 valence electrons. The molecule has 1 atom stereocenters. The van der Waals surface area contributed by atoms with E-state index in [0.29, 0.717) is 17.2 Å². The van der Waals surface area contributed by atoms with Crippen LogP contribution in [-0.2, 0) is 17.9 Å². The second kappa shape index (κ2) is 9.24. The van der Waals surface area contributed by atoms with Crippen molar-refractivity contribution in [3.63, 3.8) is 0 Å². The molecular weight excluding hydrogens is 450 g/mol. The third kappa shape index (κ3) is 4.44. The molecule has 0 saturated heterocycles. The van der Waals surface area contributed by atoms with E-state index < -0.39 is 11.4 Å². The number of rotatable bonds is 5. The van der Waals surface area contributed by atoms with Crippen molar-refractivity contribution in [2.24, 2.45) is 0 Å². The summed E-state index contributed by atoms with van der Waals surface area (Å²) in [6.45, 7) is 2.39. The topological polar surface area (TPSA) is 115 Å². The highest BCUT2D eigenvalue weighted by molar-refractivity contribution is 6.01. The van der Waals surface area contributed by atoms with Crippen LogP contribution in [0.3, 0.4) is 0 Å². The molecule has 35 heavy (non-hydrogen) atoms. The van der Waals surface area contributed by atoms with Gasteiger partial charge in [-0.3, -0.25) is 19.1 Å². The number of amides is 3. The number of benzene rings is 1. The van der Waals surface area contributed by atoms with Gasteiger partial charge >= 0.3 is 0 Å². The van der Waals surface area contributed by atoms with Gasteiger partial charge in [0.2, 0.25) is 12.7 Å². The number of aromatic nitrogens is 2. The monoisotopic (exact) mass is 481 g/mol. The number of carbonyl (C=O) groups is 3. The number of hydrogen-bond donors (Lipinski definition) is 2. The van der Waals surface area contributed by atoms with Gasteiger partial charge in [-0.15, -0.1) is 0 Å². The molecule has 1 aromatic carbocycles. The molecule has 0 radical (unpaired) electrons. The number of likely N-dealkylation sites (N-methyl/N-ethyl adjacent to an activating group) is 1. The van der Waals surface area contributed by atoms with Gasteiger partial charge in [-0.2, -0.15) is 5.10 Å². The zero-order valence-corrected chi connectivity index (χ0v) is 20.1. The van der Waals surface area contributed by atoms with Crippen molar-refractivity contribution in [1.82, 2.24) is 25.3 Å². The average molecular weight is 482 g/mol. The van der Waals surface area contributed by atoms with Gasteiger partial charge < -0.3 is 25.0 Å². The molecule has 2 N–H and O–H groups in total. The molecule has 0 unspecified atom stereocenters. The molecule has 1 aromatic heterocycles. The van der Waals surface area contributed by atoms with Crippen molar-refractivity contribution >= 4 is 17.7 Å². The summed E-state index contributed by atoms with van der Waals surface area (Å²) < 4.78 is 12.2. The summed E-state index contributed by atoms with van der Waals surface area (Å²) in [5, 5.41) is 10.4. The predicted molar refractivity (Wildman–Crippen MR) is 126 cm³/mol. The van der Waals surface area contributed by atoms with E-state index in [-0.39, 0.29) is 43.4 Å². The van der Waals surface area contributed by atoms with Crippen LogP contribution in [-0.4, -0.2) is 57.8 Å². The number of nitrogens with one attached hydrogen (secondary N) is 2. The van der Waals surface area contributed by atoms with Crippen molar-refractivity contribution in [1.29, 1.82) is 0 Å². The van der Waals surface area contributed by atoms with Crippen LogP contribution in [0.5, 0.6) is 11.5 Å². The van der Waals surface area contributed by atoms with Crippen LogP contribution in [0, 0.1) is 0 Å². The molecule has 2 aliphatic heterocycles. The van der Waals surface area contributed by atoms with Crippen LogP contribution >= 0.6 is 0 Å². The Balaban J connectivity index is 1.27. The summed E-state index contributed by atoms with van der Waals surface area (Å²) >= 11 is 0. The second-order valence-corrected chi connectivity index (χ2v) is 9.74. The third-order valence-corrected chi connectivity index (χ3v) is 7.30. The number of hydrogen-bond acceptors (Lipinski definition) is 6. The van der Waals surface area contributed by atoms with Crippen molar-refractivity contribution in [2.75, 3.05) is 13.8 Å². The normalized spacial score (nSPS) is 21.9. The van der Waals surface area contributed by atoms with Crippen molar-refractivity contribution in [2.45, 2.75) is 70.1 Å². The molecule has 2 aromatic rings. The first-order chi connectivity index (χ1) is 16.8. The van der Waals surface area contributed by atoms with Crippen molar-refractivity contribution in [3.05, 3.63) is 41.2 Å². The molecular formula is C25H31N5O5. The van der Waals surface area contributed by atoms with Crippen LogP contribution in [0.1, 0.15) is 72.0 Å². The lowest BCUT2D eigenvalue weighted by molar-refractivity contribution is -0.133. The first-order valence-electron chi connectivity index (χ1n) is 12.2. The number of nitrogens with zero attached hydrogens (tertiary/aromatic N) is 3. The second-order valence-electron chi connectivity index (χ2n) is 9.74. The van der Waals surface area contributed by atoms with Crippen LogP contribution < -0.4 is 20.1 Å². The Morgan fingerprint density at radius 2 is 1.86 bits per heavy atom. The first-order valence-corrected chi connectivity index (χ1v) is 12.2. The van der Waals surface area contributed by atoms with Gasteiger partial charge in [0.1, 0.15) is 11.2 Å². The van der Waals surface area contributed by atoms with E-state index in [9.17, 15) is 14.4 Å². The summed E-state index contributed by atoms with van der Waals surface area (Å²) in [6.07, 6.45) is 6.51. The maximum atomic E-state index is 13.3. The Hall–Kier alpha value is -3.56. The zero-order chi connectivity index (χ0) is 24.6. The van der Waals surface area contributed by atoms with Gasteiger partial charge in [0.25, 0.3) is 11.8 Å². The van der Waals surface area contributed by atoms with Gasteiger partial charge in [0, 0.05) is 25.7 Å². The summed E-state index contributed by atoms with van der Waals surface area (Å²) in [6, 6.07) is 7.08. The fraction of sp³-hybridized carbons (Fsp3) is 0.520. The number of carbonyl (C=O) groups excluding carboxylic acids is 3. The Bertz CT molecular complexity index is 1150. The minimum absolute atomic E-state index is 0.127. The van der Waals surface area contributed by atoms with Crippen LogP contribution in [0.4, 0.5) is 0 Å². The van der Waals surface area contributed by atoms with Crippen LogP contribution in [0.2, 0.25) is 0 Å². The van der Waals surface area contributed by atoms with E-state index in [1.54, 1.807) is 20.0 Å². The molecule has 10 heteroatoms. The largest absolute Gasteiger partial charge is 0.454 e. The maximum absolute atomic E-state index is 13.3. The Morgan fingerprint density at radius 3 is 2.63 bits per heavy atom. The molecule has 1 fully saturated rings. The number of ether oxygens (including phenoxy) is 2. The lowest BCUT2D eigenvalue weighted by Gasteiger charge is -2.41. The van der Waals surface area contributed by atoms with Gasteiger partial charge in [-0.25, -0.2) is 0 Å². The van der Waals surface area contributed by atoms with Crippen LogP contribution in [0.15, 0.2) is 24.3 Å². The summed E-state index contributed by atoms with van der Waals surface area (Å²) in [5.74, 6) is 0.400. The molecule has 1 aliphatic carbocycles. The van der Waals surface area contributed by atoms with E-state index >= 15 is 0 Å². The smallest absolute Gasteiger partial charge is 0.272 e. The van der Waals surface area contributed by atoms with Crippen molar-refractivity contribution < 1.29 is 23.9 Å². The van der Waals surface area contributed by atoms with Crippen LogP contribution in [0.25, 0.3) is 0 Å². The minimum Gasteiger partial charge on any atom is -0.454 e. The van der Waals surface area contributed by atoms with E-state index in [2.05, 4.69) is 15.7 Å². The molecule has 0 bridgehead atoms. The molecule has 3 aliphatic rings. The molecule has 3 heterocycles. The predicted octanol–water partition coefficient (Wildman–Crippen LogP) is 2.23. The van der Waals surface area contributed by atoms with E-state index in [4.69, 9.17) is 9.47 Å². The fourth-order valence-electron chi connectivity index (χ4n) is 4.93. The van der Waals surface area contributed by atoms with E-state index in [1.165, 1.54) is 28.5 Å². The molecule has 10 nitrogen and oxygen atoms in total. The standard InChI is InChI=1S/C25H31N5O5/c1-25(24(33)27-17-7-5-3-4-6-8-17)14-30-19(23(32)29(25)2)12-18(28-30)22(31)26-13-16-9-10-20-21(11-16)35-15-34-20/h9-12,17H,3-8,13-15H2,1-2H3,(H,26,31)(H,27,33)/t25-/m0/s1. The summed E-state index contributed by atoms with van der Waals surface area (Å²) in [7, 11) is 1.63. The van der Waals surface area contributed by atoms with E-state index in [0.717, 1.165) is 31.2 Å². The van der Waals surface area contributed by atoms with Gasteiger partial charge in [0.15, 0.2) is 17.2 Å². The van der Waals surface area contributed by atoms with Gasteiger partial charge in [0.05, 0.1) is 6.54 Å². The lowest BCUT2D eigenvalue weighted by atomic mass is 9.95.